The summed E-state index contributed by atoms with van der Waals surface area (Å²) in [6.45, 7) is 5.69. The molecule has 1 aliphatic heterocycles. The van der Waals surface area contributed by atoms with E-state index in [0.717, 1.165) is 48.9 Å². The number of pyridine rings is 1. The maximum absolute atomic E-state index is 5.96. The standard InChI is InChI=1S/C13H17N5O/c1-10-13(9-19-16-10)18-6-4-17(5-7-18)12-2-3-15-8-11(12)14/h2-3,8-9H,4-7,14H2,1H3. The summed E-state index contributed by atoms with van der Waals surface area (Å²) in [5.41, 5.74) is 9.79. The Kier molecular flexibility index (Phi) is 2.98. The molecule has 6 nitrogen and oxygen atoms in total. The molecule has 0 unspecified atom stereocenters. The molecule has 1 aliphatic rings. The van der Waals surface area contributed by atoms with Crippen molar-refractivity contribution in [2.45, 2.75) is 6.92 Å². The molecule has 2 aromatic rings. The second kappa shape index (κ2) is 4.79. The van der Waals surface area contributed by atoms with Crippen LogP contribution in [-0.2, 0) is 0 Å². The Morgan fingerprint density at radius 1 is 1.16 bits per heavy atom. The summed E-state index contributed by atoms with van der Waals surface area (Å²) in [6.07, 6.45) is 5.19. The van der Waals surface area contributed by atoms with E-state index in [0.29, 0.717) is 0 Å². The highest BCUT2D eigenvalue weighted by molar-refractivity contribution is 5.66. The van der Waals surface area contributed by atoms with Crippen molar-refractivity contribution < 1.29 is 4.52 Å². The Morgan fingerprint density at radius 2 is 1.84 bits per heavy atom. The predicted molar refractivity (Wildman–Crippen MR) is 74.3 cm³/mol. The van der Waals surface area contributed by atoms with E-state index in [2.05, 4.69) is 19.9 Å². The monoisotopic (exact) mass is 259 g/mol. The van der Waals surface area contributed by atoms with Crippen molar-refractivity contribution in [3.63, 3.8) is 0 Å². The van der Waals surface area contributed by atoms with Crippen LogP contribution in [0.2, 0.25) is 0 Å². The first-order chi connectivity index (χ1) is 9.25. The molecule has 3 rings (SSSR count). The summed E-state index contributed by atoms with van der Waals surface area (Å²) in [4.78, 5) is 8.60. The molecule has 6 heteroatoms. The fraction of sp³-hybridized carbons (Fsp3) is 0.385. The van der Waals surface area contributed by atoms with E-state index in [4.69, 9.17) is 10.3 Å². The van der Waals surface area contributed by atoms with Gasteiger partial charge >= 0.3 is 0 Å². The van der Waals surface area contributed by atoms with Crippen LogP contribution in [0.1, 0.15) is 5.69 Å². The quantitative estimate of drug-likeness (QED) is 0.876. The van der Waals surface area contributed by atoms with Crippen molar-refractivity contribution in [3.8, 4) is 0 Å². The molecule has 0 aliphatic carbocycles. The van der Waals surface area contributed by atoms with Gasteiger partial charge in [-0.25, -0.2) is 0 Å². The summed E-state index contributed by atoms with van der Waals surface area (Å²) in [6, 6.07) is 1.97. The zero-order valence-electron chi connectivity index (χ0n) is 10.9. The number of aromatic nitrogens is 2. The smallest absolute Gasteiger partial charge is 0.147 e. The van der Waals surface area contributed by atoms with Gasteiger partial charge < -0.3 is 20.1 Å². The lowest BCUT2D eigenvalue weighted by Gasteiger charge is -2.37. The van der Waals surface area contributed by atoms with Gasteiger partial charge in [0, 0.05) is 32.4 Å². The van der Waals surface area contributed by atoms with Gasteiger partial charge in [0.15, 0.2) is 0 Å². The summed E-state index contributed by atoms with van der Waals surface area (Å²) < 4.78 is 5.00. The number of hydrogen-bond acceptors (Lipinski definition) is 6. The first-order valence-electron chi connectivity index (χ1n) is 6.36. The number of hydrogen-bond donors (Lipinski definition) is 1. The third-order valence-electron chi connectivity index (χ3n) is 3.51. The van der Waals surface area contributed by atoms with Crippen LogP contribution in [0, 0.1) is 6.92 Å². The fourth-order valence-electron chi connectivity index (χ4n) is 2.47. The molecule has 100 valence electrons. The molecule has 3 heterocycles. The second-order valence-corrected chi connectivity index (χ2v) is 4.69. The van der Waals surface area contributed by atoms with E-state index in [1.807, 2.05) is 13.0 Å². The number of aryl methyl sites for hydroxylation is 1. The normalized spacial score (nSPS) is 15.8. The molecule has 0 amide bonds. The van der Waals surface area contributed by atoms with Gasteiger partial charge in [0.25, 0.3) is 0 Å². The number of anilines is 3. The minimum atomic E-state index is 0.733. The van der Waals surface area contributed by atoms with Crippen LogP contribution in [0.15, 0.2) is 29.2 Å². The molecule has 0 bridgehead atoms. The second-order valence-electron chi connectivity index (χ2n) is 4.69. The van der Waals surface area contributed by atoms with Crippen LogP contribution in [-0.4, -0.2) is 36.3 Å². The third kappa shape index (κ3) is 2.21. The number of piperazine rings is 1. The van der Waals surface area contributed by atoms with E-state index in [1.54, 1.807) is 18.7 Å². The first-order valence-corrected chi connectivity index (χ1v) is 6.36. The summed E-state index contributed by atoms with van der Waals surface area (Å²) in [5.74, 6) is 0. The average Bonchev–Trinajstić information content (AvgIpc) is 2.86. The summed E-state index contributed by atoms with van der Waals surface area (Å²) in [7, 11) is 0. The lowest BCUT2D eigenvalue weighted by molar-refractivity contribution is 0.415. The SMILES string of the molecule is Cc1nocc1N1CCN(c2ccncc2N)CC1. The van der Waals surface area contributed by atoms with E-state index in [-0.39, 0.29) is 0 Å². The zero-order valence-corrected chi connectivity index (χ0v) is 10.9. The molecule has 0 spiro atoms. The summed E-state index contributed by atoms with van der Waals surface area (Å²) >= 11 is 0. The highest BCUT2D eigenvalue weighted by Crippen LogP contribution is 2.25. The van der Waals surface area contributed by atoms with Gasteiger partial charge in [0.05, 0.1) is 17.6 Å². The van der Waals surface area contributed by atoms with Crippen molar-refractivity contribution in [2.75, 3.05) is 41.7 Å². The number of nitrogens with zero attached hydrogens (tertiary/aromatic N) is 4. The van der Waals surface area contributed by atoms with Crippen LogP contribution in [0.4, 0.5) is 17.1 Å². The highest BCUT2D eigenvalue weighted by Gasteiger charge is 2.21. The molecule has 0 aromatic carbocycles. The molecule has 0 radical (unpaired) electrons. The summed E-state index contributed by atoms with van der Waals surface area (Å²) in [5, 5.41) is 3.92. The average molecular weight is 259 g/mol. The Bertz CT molecular complexity index is 560. The van der Waals surface area contributed by atoms with Crippen LogP contribution in [0.3, 0.4) is 0 Å². The van der Waals surface area contributed by atoms with Crippen molar-refractivity contribution in [1.29, 1.82) is 0 Å². The maximum atomic E-state index is 5.96. The Hall–Kier alpha value is -2.24. The van der Waals surface area contributed by atoms with Crippen molar-refractivity contribution in [2.24, 2.45) is 0 Å². The van der Waals surface area contributed by atoms with Crippen molar-refractivity contribution in [3.05, 3.63) is 30.4 Å². The largest absolute Gasteiger partial charge is 0.396 e. The van der Waals surface area contributed by atoms with Gasteiger partial charge in [-0.1, -0.05) is 5.16 Å². The number of nitrogens with two attached hydrogens (primary N) is 1. The highest BCUT2D eigenvalue weighted by atomic mass is 16.5. The van der Waals surface area contributed by atoms with Crippen LogP contribution in [0.25, 0.3) is 0 Å². The van der Waals surface area contributed by atoms with E-state index < -0.39 is 0 Å². The molecule has 1 fully saturated rings. The molecular weight excluding hydrogens is 242 g/mol. The van der Waals surface area contributed by atoms with Gasteiger partial charge in [-0.15, -0.1) is 0 Å². The number of nitrogen functional groups attached to an aromatic ring is 1. The Morgan fingerprint density at radius 3 is 2.42 bits per heavy atom. The first kappa shape index (κ1) is 11.8. The lowest BCUT2D eigenvalue weighted by Crippen LogP contribution is -2.46. The maximum Gasteiger partial charge on any atom is 0.147 e. The van der Waals surface area contributed by atoms with E-state index in [1.165, 1.54) is 0 Å². The van der Waals surface area contributed by atoms with Crippen LogP contribution >= 0.6 is 0 Å². The molecular formula is C13H17N5O. The molecule has 2 N–H and O–H groups in total. The zero-order chi connectivity index (χ0) is 13.2. The van der Waals surface area contributed by atoms with Gasteiger partial charge in [-0.2, -0.15) is 0 Å². The molecule has 0 saturated carbocycles. The molecule has 1 saturated heterocycles. The van der Waals surface area contributed by atoms with Crippen molar-refractivity contribution in [1.82, 2.24) is 10.1 Å². The van der Waals surface area contributed by atoms with Crippen LogP contribution < -0.4 is 15.5 Å². The van der Waals surface area contributed by atoms with Gasteiger partial charge in [-0.05, 0) is 13.0 Å². The molecule has 2 aromatic heterocycles. The van der Waals surface area contributed by atoms with Crippen LogP contribution in [0.5, 0.6) is 0 Å². The lowest BCUT2D eigenvalue weighted by atomic mass is 10.2. The van der Waals surface area contributed by atoms with Gasteiger partial charge in [0.2, 0.25) is 0 Å². The molecule has 19 heavy (non-hydrogen) atoms. The molecule has 0 atom stereocenters. The van der Waals surface area contributed by atoms with E-state index >= 15 is 0 Å². The Balaban J connectivity index is 1.70. The predicted octanol–water partition coefficient (Wildman–Crippen LogP) is 1.29. The topological polar surface area (TPSA) is 71.4 Å². The van der Waals surface area contributed by atoms with E-state index in [9.17, 15) is 0 Å². The van der Waals surface area contributed by atoms with Gasteiger partial charge in [-0.3, -0.25) is 4.98 Å². The number of rotatable bonds is 2. The third-order valence-corrected chi connectivity index (χ3v) is 3.51. The minimum absolute atomic E-state index is 0.733. The van der Waals surface area contributed by atoms with Crippen molar-refractivity contribution >= 4 is 17.1 Å². The Labute approximate surface area is 111 Å². The minimum Gasteiger partial charge on any atom is -0.396 e. The van der Waals surface area contributed by atoms with Gasteiger partial charge in [0.1, 0.15) is 17.6 Å². The fourth-order valence-corrected chi connectivity index (χ4v) is 2.47.